The zero-order valence-electron chi connectivity index (χ0n) is 13.3. The third-order valence-electron chi connectivity index (χ3n) is 4.18. The molecule has 0 heterocycles. The van der Waals surface area contributed by atoms with Crippen molar-refractivity contribution < 1.29 is 9.53 Å². The monoisotopic (exact) mass is 308 g/mol. The molecule has 2 aromatic rings. The first-order valence-electron chi connectivity index (χ1n) is 7.72. The summed E-state index contributed by atoms with van der Waals surface area (Å²) in [5, 5.41) is 4.22. The van der Waals surface area contributed by atoms with Gasteiger partial charge in [-0.3, -0.25) is 4.79 Å². The van der Waals surface area contributed by atoms with Gasteiger partial charge in [-0.1, -0.05) is 42.5 Å². The Morgan fingerprint density at radius 1 is 1.17 bits per heavy atom. The molecule has 1 saturated carbocycles. The van der Waals surface area contributed by atoms with E-state index in [1.807, 2.05) is 49.4 Å². The van der Waals surface area contributed by atoms with Crippen molar-refractivity contribution in [2.75, 3.05) is 7.11 Å². The lowest BCUT2D eigenvalue weighted by Crippen LogP contribution is -2.21. The number of ether oxygens (including phenoxy) is 1. The minimum absolute atomic E-state index is 0.0129. The van der Waals surface area contributed by atoms with E-state index >= 15 is 0 Å². The summed E-state index contributed by atoms with van der Waals surface area (Å²) in [6.07, 6.45) is 0.892. The van der Waals surface area contributed by atoms with E-state index in [0.29, 0.717) is 5.92 Å². The van der Waals surface area contributed by atoms with Crippen molar-refractivity contribution in [3.8, 4) is 5.75 Å². The fraction of sp³-hybridized carbons (Fsp3) is 0.263. The molecule has 118 valence electrons. The zero-order chi connectivity index (χ0) is 16.2. The molecule has 0 saturated heterocycles. The number of hydrogen-bond donors (Lipinski definition) is 1. The van der Waals surface area contributed by atoms with Gasteiger partial charge in [-0.05, 0) is 37.0 Å². The fourth-order valence-corrected chi connectivity index (χ4v) is 2.69. The lowest BCUT2D eigenvalue weighted by Gasteiger charge is -2.05. The van der Waals surface area contributed by atoms with Crippen LogP contribution in [0.2, 0.25) is 0 Å². The van der Waals surface area contributed by atoms with E-state index in [2.05, 4.69) is 22.7 Å². The van der Waals surface area contributed by atoms with Gasteiger partial charge < -0.3 is 4.74 Å². The molecule has 1 aliphatic carbocycles. The smallest absolute Gasteiger partial charge is 0.243 e. The van der Waals surface area contributed by atoms with E-state index in [4.69, 9.17) is 4.74 Å². The van der Waals surface area contributed by atoms with E-state index in [-0.39, 0.29) is 11.8 Å². The maximum absolute atomic E-state index is 12.2. The van der Waals surface area contributed by atoms with Crippen LogP contribution in [0.25, 0.3) is 0 Å². The van der Waals surface area contributed by atoms with Gasteiger partial charge in [-0.25, -0.2) is 5.43 Å². The molecule has 0 bridgehead atoms. The number of hydrogen-bond acceptors (Lipinski definition) is 3. The third-order valence-corrected chi connectivity index (χ3v) is 4.18. The number of carbonyl (C=O) groups excluding carboxylic acids is 1. The van der Waals surface area contributed by atoms with Crippen LogP contribution in [0.4, 0.5) is 0 Å². The molecule has 1 N–H and O–H groups in total. The predicted octanol–water partition coefficient (Wildman–Crippen LogP) is 3.34. The number of rotatable bonds is 5. The molecule has 23 heavy (non-hydrogen) atoms. The summed E-state index contributed by atoms with van der Waals surface area (Å²) in [4.78, 5) is 12.2. The molecule has 0 spiro atoms. The molecular weight excluding hydrogens is 288 g/mol. The van der Waals surface area contributed by atoms with Crippen LogP contribution in [0.15, 0.2) is 59.7 Å². The minimum Gasteiger partial charge on any atom is -0.497 e. The van der Waals surface area contributed by atoms with Crippen molar-refractivity contribution in [1.29, 1.82) is 0 Å². The highest BCUT2D eigenvalue weighted by atomic mass is 16.5. The summed E-state index contributed by atoms with van der Waals surface area (Å²) in [7, 11) is 1.63. The molecule has 1 aliphatic rings. The summed E-state index contributed by atoms with van der Waals surface area (Å²) in [5.41, 5.74) is 5.60. The molecule has 0 aliphatic heterocycles. The molecule has 2 aromatic carbocycles. The molecule has 1 fully saturated rings. The van der Waals surface area contributed by atoms with Gasteiger partial charge in [0.15, 0.2) is 0 Å². The Labute approximate surface area is 136 Å². The van der Waals surface area contributed by atoms with Crippen LogP contribution in [0.1, 0.15) is 30.4 Å². The number of benzene rings is 2. The van der Waals surface area contributed by atoms with Gasteiger partial charge in [0.1, 0.15) is 5.75 Å². The molecule has 4 heteroatoms. The lowest BCUT2D eigenvalue weighted by molar-refractivity contribution is -0.122. The highest BCUT2D eigenvalue weighted by Crippen LogP contribution is 2.47. The van der Waals surface area contributed by atoms with Crippen LogP contribution in [-0.2, 0) is 4.79 Å². The van der Waals surface area contributed by atoms with Crippen molar-refractivity contribution in [2.24, 2.45) is 11.0 Å². The first-order valence-corrected chi connectivity index (χ1v) is 7.72. The second kappa shape index (κ2) is 6.65. The first-order chi connectivity index (χ1) is 11.2. The lowest BCUT2D eigenvalue weighted by atomic mass is 10.1. The van der Waals surface area contributed by atoms with Gasteiger partial charge >= 0.3 is 0 Å². The molecular formula is C19H20N2O2. The van der Waals surface area contributed by atoms with Crippen LogP contribution in [0, 0.1) is 5.92 Å². The fourth-order valence-electron chi connectivity index (χ4n) is 2.69. The number of nitrogens with zero attached hydrogens (tertiary/aromatic N) is 1. The molecule has 0 aromatic heterocycles. The van der Waals surface area contributed by atoms with Gasteiger partial charge in [0.25, 0.3) is 0 Å². The van der Waals surface area contributed by atoms with E-state index < -0.39 is 0 Å². The molecule has 2 atom stereocenters. The van der Waals surface area contributed by atoms with E-state index in [1.165, 1.54) is 5.56 Å². The van der Waals surface area contributed by atoms with E-state index in [9.17, 15) is 4.79 Å². The Morgan fingerprint density at radius 3 is 2.70 bits per heavy atom. The highest BCUT2D eigenvalue weighted by Gasteiger charge is 2.43. The van der Waals surface area contributed by atoms with Crippen molar-refractivity contribution in [3.63, 3.8) is 0 Å². The number of nitrogens with one attached hydrogen (secondary N) is 1. The van der Waals surface area contributed by atoms with Gasteiger partial charge in [0.2, 0.25) is 5.91 Å². The molecule has 3 rings (SSSR count). The Bertz CT molecular complexity index is 725. The standard InChI is InChI=1S/C19H20N2O2/c1-13(15-9-6-10-16(11-15)23-2)20-21-19(22)18-12-17(18)14-7-4-3-5-8-14/h3-11,17-18H,12H2,1-2H3,(H,21,22)/b20-13-/t17-,18-/m1/s1. The Morgan fingerprint density at radius 2 is 1.96 bits per heavy atom. The molecule has 1 amide bonds. The van der Waals surface area contributed by atoms with Crippen LogP contribution in [0.3, 0.4) is 0 Å². The summed E-state index contributed by atoms with van der Waals surface area (Å²) < 4.78 is 5.20. The molecule has 4 nitrogen and oxygen atoms in total. The minimum atomic E-state index is -0.0129. The number of methoxy groups -OCH3 is 1. The number of hydrazone groups is 1. The average Bonchev–Trinajstić information content (AvgIpc) is 3.41. The molecule has 0 radical (unpaired) electrons. The van der Waals surface area contributed by atoms with Crippen LogP contribution < -0.4 is 10.2 Å². The summed E-state index contributed by atoms with van der Waals surface area (Å²) >= 11 is 0. The van der Waals surface area contributed by atoms with Crippen molar-refractivity contribution in [3.05, 3.63) is 65.7 Å². The van der Waals surface area contributed by atoms with Crippen LogP contribution in [0.5, 0.6) is 5.75 Å². The van der Waals surface area contributed by atoms with Crippen molar-refractivity contribution in [1.82, 2.24) is 5.43 Å². The summed E-state index contributed by atoms with van der Waals surface area (Å²) in [6, 6.07) is 17.8. The van der Waals surface area contributed by atoms with Crippen LogP contribution >= 0.6 is 0 Å². The van der Waals surface area contributed by atoms with Crippen molar-refractivity contribution in [2.45, 2.75) is 19.3 Å². The first kappa shape index (κ1) is 15.3. The van der Waals surface area contributed by atoms with Gasteiger partial charge in [-0.2, -0.15) is 5.10 Å². The maximum Gasteiger partial charge on any atom is 0.243 e. The maximum atomic E-state index is 12.2. The van der Waals surface area contributed by atoms with Gasteiger partial charge in [-0.15, -0.1) is 0 Å². The Kier molecular flexibility index (Phi) is 4.42. The third kappa shape index (κ3) is 3.59. The summed E-state index contributed by atoms with van der Waals surface area (Å²) in [5.74, 6) is 1.11. The predicted molar refractivity (Wildman–Crippen MR) is 90.6 cm³/mol. The number of amides is 1. The van der Waals surface area contributed by atoms with Crippen molar-refractivity contribution >= 4 is 11.6 Å². The Hall–Kier alpha value is -2.62. The largest absolute Gasteiger partial charge is 0.497 e. The van der Waals surface area contributed by atoms with Crippen LogP contribution in [-0.4, -0.2) is 18.7 Å². The second-order valence-corrected chi connectivity index (χ2v) is 5.76. The van der Waals surface area contributed by atoms with Gasteiger partial charge in [0.05, 0.1) is 12.8 Å². The normalized spacial score (nSPS) is 20.0. The quantitative estimate of drug-likeness (QED) is 0.680. The van der Waals surface area contributed by atoms with Gasteiger partial charge in [0, 0.05) is 11.5 Å². The van der Waals surface area contributed by atoms with E-state index in [0.717, 1.165) is 23.4 Å². The molecule has 0 unspecified atom stereocenters. The topological polar surface area (TPSA) is 50.7 Å². The zero-order valence-corrected chi connectivity index (χ0v) is 13.3. The SMILES string of the molecule is COc1cccc(/C(C)=N\NC(=O)[C@@H]2C[C@@H]2c2ccccc2)c1. The second-order valence-electron chi connectivity index (χ2n) is 5.76. The highest BCUT2D eigenvalue weighted by molar-refractivity contribution is 5.99. The van der Waals surface area contributed by atoms with E-state index in [1.54, 1.807) is 7.11 Å². The summed E-state index contributed by atoms with van der Waals surface area (Å²) in [6.45, 7) is 1.87. The Balaban J connectivity index is 1.60. The average molecular weight is 308 g/mol. The number of carbonyl (C=O) groups is 1.